The van der Waals surface area contributed by atoms with Crippen molar-refractivity contribution in [1.82, 2.24) is 15.1 Å². The van der Waals surface area contributed by atoms with Crippen LogP contribution in [0.25, 0.3) is 0 Å². The lowest BCUT2D eigenvalue weighted by Crippen LogP contribution is -2.46. The average Bonchev–Trinajstić information content (AvgIpc) is 2.89. The third kappa shape index (κ3) is 3.88. The Labute approximate surface area is 144 Å². The lowest BCUT2D eigenvalue weighted by molar-refractivity contribution is 0.190. The van der Waals surface area contributed by atoms with E-state index in [-0.39, 0.29) is 24.0 Å². The van der Waals surface area contributed by atoms with Crippen LogP contribution in [0.4, 0.5) is 0 Å². The van der Waals surface area contributed by atoms with E-state index in [4.69, 9.17) is 0 Å². The van der Waals surface area contributed by atoms with Crippen molar-refractivity contribution in [2.24, 2.45) is 4.99 Å². The SMILES string of the molecule is CC(CNC1=NCCN1C)N1CCc2ccccc2C1.I. The number of rotatable bonds is 3. The highest BCUT2D eigenvalue weighted by atomic mass is 127. The summed E-state index contributed by atoms with van der Waals surface area (Å²) in [5.41, 5.74) is 3.00. The second-order valence-electron chi connectivity index (χ2n) is 5.85. The summed E-state index contributed by atoms with van der Waals surface area (Å²) in [5.74, 6) is 1.05. The van der Waals surface area contributed by atoms with Gasteiger partial charge in [0.05, 0.1) is 6.54 Å². The van der Waals surface area contributed by atoms with Crippen molar-refractivity contribution in [3.63, 3.8) is 0 Å². The second kappa shape index (κ2) is 7.45. The van der Waals surface area contributed by atoms with Crippen molar-refractivity contribution in [2.75, 3.05) is 33.2 Å². The van der Waals surface area contributed by atoms with E-state index in [1.807, 2.05) is 0 Å². The van der Waals surface area contributed by atoms with Gasteiger partial charge >= 0.3 is 0 Å². The molecular weight excluding hydrogens is 375 g/mol. The molecule has 2 aliphatic rings. The summed E-state index contributed by atoms with van der Waals surface area (Å²) in [7, 11) is 2.10. The molecule has 1 aromatic carbocycles. The van der Waals surface area contributed by atoms with E-state index < -0.39 is 0 Å². The molecule has 0 aliphatic carbocycles. The molecule has 2 heterocycles. The normalized spacial score (nSPS) is 19.5. The molecule has 21 heavy (non-hydrogen) atoms. The Hall–Kier alpha value is -0.820. The van der Waals surface area contributed by atoms with Crippen LogP contribution in [0.3, 0.4) is 0 Å². The molecule has 0 spiro atoms. The monoisotopic (exact) mass is 400 g/mol. The first kappa shape index (κ1) is 16.5. The summed E-state index contributed by atoms with van der Waals surface area (Å²) < 4.78 is 0. The van der Waals surface area contributed by atoms with Gasteiger partial charge in [-0.3, -0.25) is 9.89 Å². The maximum absolute atomic E-state index is 4.48. The first-order chi connectivity index (χ1) is 9.74. The Kier molecular flexibility index (Phi) is 5.87. The summed E-state index contributed by atoms with van der Waals surface area (Å²) >= 11 is 0. The highest BCUT2D eigenvalue weighted by Crippen LogP contribution is 2.19. The lowest BCUT2D eigenvalue weighted by Gasteiger charge is -2.34. The van der Waals surface area contributed by atoms with Crippen LogP contribution in [0, 0.1) is 0 Å². The summed E-state index contributed by atoms with van der Waals surface area (Å²) in [6.45, 7) is 7.45. The van der Waals surface area contributed by atoms with Crippen LogP contribution in [0.15, 0.2) is 29.3 Å². The fourth-order valence-electron chi connectivity index (χ4n) is 2.99. The van der Waals surface area contributed by atoms with Crippen molar-refractivity contribution < 1.29 is 0 Å². The molecule has 4 nitrogen and oxygen atoms in total. The zero-order chi connectivity index (χ0) is 13.9. The number of hydrogen-bond acceptors (Lipinski definition) is 4. The van der Waals surface area contributed by atoms with Crippen LogP contribution in [0.5, 0.6) is 0 Å². The van der Waals surface area contributed by atoms with Crippen molar-refractivity contribution in [2.45, 2.75) is 25.9 Å². The molecule has 0 aromatic heterocycles. The van der Waals surface area contributed by atoms with Crippen LogP contribution < -0.4 is 5.32 Å². The van der Waals surface area contributed by atoms with E-state index in [9.17, 15) is 0 Å². The summed E-state index contributed by atoms with van der Waals surface area (Å²) in [4.78, 5) is 9.24. The minimum absolute atomic E-state index is 0. The minimum Gasteiger partial charge on any atom is -0.355 e. The van der Waals surface area contributed by atoms with E-state index in [1.165, 1.54) is 17.5 Å². The van der Waals surface area contributed by atoms with Crippen molar-refractivity contribution in [3.8, 4) is 0 Å². The Morgan fingerprint density at radius 1 is 1.24 bits per heavy atom. The van der Waals surface area contributed by atoms with Gasteiger partial charge < -0.3 is 10.2 Å². The van der Waals surface area contributed by atoms with Crippen LogP contribution in [0.2, 0.25) is 0 Å². The Morgan fingerprint density at radius 3 is 2.71 bits per heavy atom. The van der Waals surface area contributed by atoms with Gasteiger partial charge in [-0.1, -0.05) is 24.3 Å². The number of benzene rings is 1. The number of likely N-dealkylation sites (N-methyl/N-ethyl adjacent to an activating group) is 1. The quantitative estimate of drug-likeness (QED) is 0.787. The van der Waals surface area contributed by atoms with Crippen molar-refractivity contribution in [3.05, 3.63) is 35.4 Å². The molecule has 0 saturated heterocycles. The van der Waals surface area contributed by atoms with Gasteiger partial charge in [0.25, 0.3) is 0 Å². The number of fused-ring (bicyclic) bond motifs is 1. The fourth-order valence-corrected chi connectivity index (χ4v) is 2.99. The molecule has 0 fully saturated rings. The molecule has 0 bridgehead atoms. The molecular formula is C16H25IN4. The van der Waals surface area contributed by atoms with Crippen LogP contribution in [0.1, 0.15) is 18.1 Å². The molecule has 1 unspecified atom stereocenters. The predicted molar refractivity (Wildman–Crippen MR) is 98.4 cm³/mol. The fraction of sp³-hybridized carbons (Fsp3) is 0.562. The molecule has 3 rings (SSSR count). The van der Waals surface area contributed by atoms with E-state index in [2.05, 4.69) is 58.3 Å². The largest absolute Gasteiger partial charge is 0.355 e. The molecule has 2 aliphatic heterocycles. The van der Waals surface area contributed by atoms with Gasteiger partial charge in [-0.25, -0.2) is 0 Å². The number of guanidine groups is 1. The maximum atomic E-state index is 4.48. The van der Waals surface area contributed by atoms with Gasteiger partial charge in [-0.2, -0.15) is 0 Å². The lowest BCUT2D eigenvalue weighted by atomic mass is 9.99. The highest BCUT2D eigenvalue weighted by Gasteiger charge is 2.21. The first-order valence-electron chi connectivity index (χ1n) is 7.54. The Bertz CT molecular complexity index is 503. The number of halogens is 1. The smallest absolute Gasteiger partial charge is 0.193 e. The predicted octanol–water partition coefficient (Wildman–Crippen LogP) is 1.94. The number of nitrogens with zero attached hydrogens (tertiary/aromatic N) is 3. The summed E-state index contributed by atoms with van der Waals surface area (Å²) in [6, 6.07) is 9.34. The molecule has 5 heteroatoms. The highest BCUT2D eigenvalue weighted by molar-refractivity contribution is 14.0. The Morgan fingerprint density at radius 2 is 2.00 bits per heavy atom. The topological polar surface area (TPSA) is 30.9 Å². The molecule has 116 valence electrons. The number of hydrogen-bond donors (Lipinski definition) is 1. The van der Waals surface area contributed by atoms with Crippen molar-refractivity contribution in [1.29, 1.82) is 0 Å². The first-order valence-corrected chi connectivity index (χ1v) is 7.54. The third-order valence-electron chi connectivity index (χ3n) is 4.40. The van der Waals surface area contributed by atoms with Gasteiger partial charge in [-0.05, 0) is 24.5 Å². The average molecular weight is 400 g/mol. The van der Waals surface area contributed by atoms with Gasteiger partial charge in [-0.15, -0.1) is 24.0 Å². The minimum atomic E-state index is 0. The third-order valence-corrected chi connectivity index (χ3v) is 4.40. The van der Waals surface area contributed by atoms with Gasteiger partial charge in [0.1, 0.15) is 0 Å². The second-order valence-corrected chi connectivity index (χ2v) is 5.85. The van der Waals surface area contributed by atoms with Crippen LogP contribution in [-0.2, 0) is 13.0 Å². The van der Waals surface area contributed by atoms with E-state index in [0.717, 1.165) is 38.7 Å². The zero-order valence-electron chi connectivity index (χ0n) is 12.9. The van der Waals surface area contributed by atoms with Gasteiger partial charge in [0.15, 0.2) is 5.96 Å². The van der Waals surface area contributed by atoms with E-state index in [0.29, 0.717) is 6.04 Å². The molecule has 1 aromatic rings. The standard InChI is InChI=1S/C16H24N4.HI/c1-13(11-18-16-17-8-10-19(16)2)20-9-7-14-5-3-4-6-15(14)12-20;/h3-6,13H,7-12H2,1-2H3,(H,17,18);1H. The molecule has 1 atom stereocenters. The van der Waals surface area contributed by atoms with E-state index in [1.54, 1.807) is 0 Å². The summed E-state index contributed by atoms with van der Waals surface area (Å²) in [6.07, 6.45) is 1.17. The number of aliphatic imine (C=N–C) groups is 1. The number of nitrogens with one attached hydrogen (secondary N) is 1. The van der Waals surface area contributed by atoms with Gasteiger partial charge in [0, 0.05) is 39.3 Å². The molecule has 0 amide bonds. The molecule has 1 N–H and O–H groups in total. The molecule has 0 saturated carbocycles. The zero-order valence-corrected chi connectivity index (χ0v) is 15.2. The van der Waals surface area contributed by atoms with Crippen LogP contribution in [-0.4, -0.2) is 55.0 Å². The molecule has 0 radical (unpaired) electrons. The summed E-state index contributed by atoms with van der Waals surface area (Å²) in [5, 5.41) is 3.49. The van der Waals surface area contributed by atoms with Gasteiger partial charge in [0.2, 0.25) is 0 Å². The van der Waals surface area contributed by atoms with E-state index >= 15 is 0 Å². The maximum Gasteiger partial charge on any atom is 0.193 e. The van der Waals surface area contributed by atoms with Crippen LogP contribution >= 0.6 is 24.0 Å². The Balaban J connectivity index is 0.00000161. The van der Waals surface area contributed by atoms with Crippen molar-refractivity contribution >= 4 is 29.9 Å².